The first-order valence-electron chi connectivity index (χ1n) is 7.94. The van der Waals surface area contributed by atoms with Gasteiger partial charge in [0, 0.05) is 35.0 Å². The Balaban J connectivity index is 1.64. The van der Waals surface area contributed by atoms with Crippen molar-refractivity contribution in [2.24, 2.45) is 7.05 Å². The molecule has 1 aliphatic rings. The number of aromatic nitrogens is 2. The van der Waals surface area contributed by atoms with Crippen LogP contribution < -0.4 is 5.32 Å². The molecule has 5 heteroatoms. The van der Waals surface area contributed by atoms with Gasteiger partial charge in [-0.3, -0.25) is 9.48 Å². The molecule has 23 heavy (non-hydrogen) atoms. The lowest BCUT2D eigenvalue weighted by Crippen LogP contribution is -2.09. The number of thioether (sulfide) groups is 1. The second-order valence-electron chi connectivity index (χ2n) is 5.79. The van der Waals surface area contributed by atoms with Crippen LogP contribution in [0.2, 0.25) is 0 Å². The Bertz CT molecular complexity index is 702. The number of rotatable bonds is 5. The van der Waals surface area contributed by atoms with Crippen molar-refractivity contribution in [2.45, 2.75) is 35.8 Å². The predicted octanol–water partition coefficient (Wildman–Crippen LogP) is 4.11. The molecule has 1 aromatic heterocycles. The summed E-state index contributed by atoms with van der Waals surface area (Å²) in [6.07, 6.45) is 12.1. The summed E-state index contributed by atoms with van der Waals surface area (Å²) in [7, 11) is 1.86. The molecule has 0 saturated heterocycles. The zero-order valence-electron chi connectivity index (χ0n) is 13.2. The molecule has 2 aromatic rings. The number of anilines is 1. The number of hydrogen-bond donors (Lipinski definition) is 1. The summed E-state index contributed by atoms with van der Waals surface area (Å²) in [5.74, 6) is -0.117. The summed E-state index contributed by atoms with van der Waals surface area (Å²) in [6, 6.07) is 8.04. The first-order valence-corrected chi connectivity index (χ1v) is 8.82. The molecule has 0 unspecified atom stereocenters. The van der Waals surface area contributed by atoms with Crippen LogP contribution >= 0.6 is 11.8 Å². The van der Waals surface area contributed by atoms with Crippen molar-refractivity contribution in [3.8, 4) is 0 Å². The number of para-hydroxylation sites is 1. The Kier molecular flexibility index (Phi) is 5.18. The largest absolute Gasteiger partial charge is 0.321 e. The lowest BCUT2D eigenvalue weighted by atomic mass is 10.3. The summed E-state index contributed by atoms with van der Waals surface area (Å²) in [5, 5.41) is 7.75. The van der Waals surface area contributed by atoms with E-state index < -0.39 is 0 Å². The average Bonchev–Trinajstić information content (AvgIpc) is 3.19. The highest BCUT2D eigenvalue weighted by Gasteiger charge is 2.17. The summed E-state index contributed by atoms with van der Waals surface area (Å²) < 4.78 is 1.71. The molecule has 1 aromatic carbocycles. The number of aryl methyl sites for hydroxylation is 1. The van der Waals surface area contributed by atoms with Crippen molar-refractivity contribution < 1.29 is 4.79 Å². The van der Waals surface area contributed by atoms with Crippen LogP contribution in [0.15, 0.2) is 47.6 Å². The van der Waals surface area contributed by atoms with Gasteiger partial charge in [0.05, 0.1) is 11.9 Å². The minimum Gasteiger partial charge on any atom is -0.321 e. The standard InChI is InChI=1S/C18H21N3OS/c1-21-13-14(12-19-21)10-11-18(22)20-16-8-4-5-9-17(16)23-15-6-2-3-7-15/h4-5,8-13,15H,2-3,6-7H2,1H3,(H,20,22)/b11-10+. The minimum absolute atomic E-state index is 0.117. The second kappa shape index (κ2) is 7.51. The van der Waals surface area contributed by atoms with Crippen LogP contribution in [0.25, 0.3) is 6.08 Å². The maximum Gasteiger partial charge on any atom is 0.248 e. The molecule has 0 radical (unpaired) electrons. The molecular formula is C18H21N3OS. The van der Waals surface area contributed by atoms with E-state index in [0.717, 1.165) is 16.1 Å². The van der Waals surface area contributed by atoms with Crippen molar-refractivity contribution in [3.05, 3.63) is 48.3 Å². The third kappa shape index (κ3) is 4.48. The molecule has 1 saturated carbocycles. The molecule has 0 aliphatic heterocycles. The maximum absolute atomic E-state index is 12.1. The van der Waals surface area contributed by atoms with Gasteiger partial charge in [-0.25, -0.2) is 0 Å². The molecule has 0 bridgehead atoms. The third-order valence-electron chi connectivity index (χ3n) is 3.89. The van der Waals surface area contributed by atoms with Gasteiger partial charge in [-0.05, 0) is 31.1 Å². The fourth-order valence-corrected chi connectivity index (χ4v) is 4.06. The summed E-state index contributed by atoms with van der Waals surface area (Å²) >= 11 is 1.89. The van der Waals surface area contributed by atoms with Crippen LogP contribution in [0.1, 0.15) is 31.2 Å². The van der Waals surface area contributed by atoms with Crippen LogP contribution in [0, 0.1) is 0 Å². The average molecular weight is 327 g/mol. The van der Waals surface area contributed by atoms with Gasteiger partial charge in [-0.15, -0.1) is 11.8 Å². The van der Waals surface area contributed by atoms with Crippen LogP contribution in [0.4, 0.5) is 5.69 Å². The van der Waals surface area contributed by atoms with E-state index in [0.29, 0.717) is 5.25 Å². The van der Waals surface area contributed by atoms with E-state index in [1.54, 1.807) is 23.0 Å². The van der Waals surface area contributed by atoms with E-state index in [1.807, 2.05) is 43.2 Å². The van der Waals surface area contributed by atoms with Gasteiger partial charge < -0.3 is 5.32 Å². The van der Waals surface area contributed by atoms with Crippen LogP contribution in [0.3, 0.4) is 0 Å². The highest BCUT2D eigenvalue weighted by molar-refractivity contribution is 8.00. The number of nitrogens with zero attached hydrogens (tertiary/aromatic N) is 2. The fourth-order valence-electron chi connectivity index (χ4n) is 2.73. The van der Waals surface area contributed by atoms with Crippen molar-refractivity contribution in [1.82, 2.24) is 9.78 Å². The highest BCUT2D eigenvalue weighted by Crippen LogP contribution is 2.37. The molecule has 1 aliphatic carbocycles. The molecule has 1 amide bonds. The first-order chi connectivity index (χ1) is 11.2. The van der Waals surface area contributed by atoms with E-state index in [-0.39, 0.29) is 5.91 Å². The summed E-state index contributed by atoms with van der Waals surface area (Å²) in [6.45, 7) is 0. The number of benzene rings is 1. The molecular weight excluding hydrogens is 306 g/mol. The first kappa shape index (κ1) is 15.9. The Hall–Kier alpha value is -2.01. The topological polar surface area (TPSA) is 46.9 Å². The molecule has 1 N–H and O–H groups in total. The summed E-state index contributed by atoms with van der Waals surface area (Å²) in [4.78, 5) is 13.3. The molecule has 0 atom stereocenters. The molecule has 120 valence electrons. The van der Waals surface area contributed by atoms with Gasteiger partial charge in [0.2, 0.25) is 5.91 Å². The van der Waals surface area contributed by atoms with Crippen LogP contribution in [-0.2, 0) is 11.8 Å². The Morgan fingerprint density at radius 2 is 2.13 bits per heavy atom. The third-order valence-corrected chi connectivity index (χ3v) is 5.31. The van der Waals surface area contributed by atoms with E-state index in [2.05, 4.69) is 16.5 Å². The molecule has 0 spiro atoms. The number of nitrogens with one attached hydrogen (secondary N) is 1. The number of amides is 1. The van der Waals surface area contributed by atoms with Gasteiger partial charge in [-0.2, -0.15) is 5.10 Å². The molecule has 1 fully saturated rings. The fraction of sp³-hybridized carbons (Fsp3) is 0.333. The van der Waals surface area contributed by atoms with E-state index >= 15 is 0 Å². The molecule has 1 heterocycles. The van der Waals surface area contributed by atoms with Crippen molar-refractivity contribution in [2.75, 3.05) is 5.32 Å². The SMILES string of the molecule is Cn1cc(/C=C/C(=O)Nc2ccccc2SC2CCCC2)cn1. The number of carbonyl (C=O) groups is 1. The van der Waals surface area contributed by atoms with Gasteiger partial charge in [0.25, 0.3) is 0 Å². The quantitative estimate of drug-likeness (QED) is 0.841. The van der Waals surface area contributed by atoms with E-state index in [4.69, 9.17) is 0 Å². The normalized spacial score (nSPS) is 15.3. The Morgan fingerprint density at radius 3 is 2.87 bits per heavy atom. The molecule has 4 nitrogen and oxygen atoms in total. The monoisotopic (exact) mass is 327 g/mol. The smallest absolute Gasteiger partial charge is 0.248 e. The highest BCUT2D eigenvalue weighted by atomic mass is 32.2. The maximum atomic E-state index is 12.1. The lowest BCUT2D eigenvalue weighted by Gasteiger charge is -2.13. The van der Waals surface area contributed by atoms with Gasteiger partial charge in [-0.1, -0.05) is 25.0 Å². The van der Waals surface area contributed by atoms with Gasteiger partial charge >= 0.3 is 0 Å². The number of carbonyl (C=O) groups excluding carboxylic acids is 1. The second-order valence-corrected chi connectivity index (χ2v) is 7.13. The van der Waals surface area contributed by atoms with Gasteiger partial charge in [0.1, 0.15) is 0 Å². The Labute approximate surface area is 141 Å². The van der Waals surface area contributed by atoms with Crippen molar-refractivity contribution >= 4 is 29.4 Å². The minimum atomic E-state index is -0.117. The van der Waals surface area contributed by atoms with E-state index in [9.17, 15) is 4.79 Å². The van der Waals surface area contributed by atoms with Crippen molar-refractivity contribution in [3.63, 3.8) is 0 Å². The molecule has 3 rings (SSSR count). The predicted molar refractivity (Wildman–Crippen MR) is 95.4 cm³/mol. The van der Waals surface area contributed by atoms with Crippen molar-refractivity contribution in [1.29, 1.82) is 0 Å². The lowest BCUT2D eigenvalue weighted by molar-refractivity contribution is -0.111. The van der Waals surface area contributed by atoms with Crippen LogP contribution in [-0.4, -0.2) is 20.9 Å². The zero-order chi connectivity index (χ0) is 16.1. The Morgan fingerprint density at radius 1 is 1.35 bits per heavy atom. The van der Waals surface area contributed by atoms with Crippen LogP contribution in [0.5, 0.6) is 0 Å². The zero-order valence-corrected chi connectivity index (χ0v) is 14.1. The summed E-state index contributed by atoms with van der Waals surface area (Å²) in [5.41, 5.74) is 1.81. The van der Waals surface area contributed by atoms with E-state index in [1.165, 1.54) is 25.7 Å². The number of hydrogen-bond acceptors (Lipinski definition) is 3. The van der Waals surface area contributed by atoms with Gasteiger partial charge in [0.15, 0.2) is 0 Å².